The fraction of sp³-hybridized carbons (Fsp3) is 0.158. The highest BCUT2D eigenvalue weighted by Crippen LogP contribution is 2.28. The van der Waals surface area contributed by atoms with E-state index in [-0.39, 0.29) is 22.3 Å². The summed E-state index contributed by atoms with van der Waals surface area (Å²) in [6.45, 7) is 0. The number of carbonyl (C=O) groups excluding carboxylic acids is 1. The van der Waals surface area contributed by atoms with Crippen LogP contribution in [0.1, 0.15) is 22.4 Å². The van der Waals surface area contributed by atoms with Crippen LogP contribution in [-0.2, 0) is 17.6 Å². The second kappa shape index (κ2) is 8.47. The normalized spacial score (nSPS) is 10.9. The summed E-state index contributed by atoms with van der Waals surface area (Å²) in [7, 11) is 0. The van der Waals surface area contributed by atoms with Crippen LogP contribution in [0.5, 0.6) is 0 Å². The Kier molecular flexibility index (Phi) is 6.03. The molecule has 1 N–H and O–H groups in total. The molecule has 0 aliphatic rings. The van der Waals surface area contributed by atoms with Crippen LogP contribution in [0.4, 0.5) is 27.1 Å². The topological polar surface area (TPSA) is 42.0 Å². The summed E-state index contributed by atoms with van der Waals surface area (Å²) in [4.78, 5) is 16.1. The maximum Gasteiger partial charge on any atom is 0.226 e. The zero-order valence-corrected chi connectivity index (χ0v) is 15.1. The van der Waals surface area contributed by atoms with Crippen LogP contribution in [0.25, 0.3) is 0 Å². The molecule has 0 aliphatic carbocycles. The van der Waals surface area contributed by atoms with E-state index in [1.54, 1.807) is 0 Å². The van der Waals surface area contributed by atoms with Crippen molar-refractivity contribution < 1.29 is 26.7 Å². The number of amides is 1. The van der Waals surface area contributed by atoms with E-state index in [1.165, 1.54) is 6.20 Å². The zero-order valence-electron chi connectivity index (χ0n) is 14.2. The van der Waals surface area contributed by atoms with Gasteiger partial charge in [0.15, 0.2) is 28.4 Å². The lowest BCUT2D eigenvalue weighted by Gasteiger charge is -2.06. The first-order valence-corrected chi connectivity index (χ1v) is 8.97. The number of aryl methyl sites for hydroxylation is 1. The molecule has 1 amide bonds. The predicted octanol–water partition coefficient (Wildman–Crippen LogP) is 5.00. The van der Waals surface area contributed by atoms with Gasteiger partial charge in [0, 0.05) is 29.5 Å². The van der Waals surface area contributed by atoms with Gasteiger partial charge in [-0.25, -0.2) is 26.9 Å². The van der Waals surface area contributed by atoms with Gasteiger partial charge in [0.1, 0.15) is 0 Å². The van der Waals surface area contributed by atoms with Gasteiger partial charge in [-0.1, -0.05) is 30.3 Å². The van der Waals surface area contributed by atoms with Crippen LogP contribution in [0.15, 0.2) is 36.5 Å². The summed E-state index contributed by atoms with van der Waals surface area (Å²) in [5.74, 6) is -10.2. The summed E-state index contributed by atoms with van der Waals surface area (Å²) in [6.07, 6.45) is 1.41. The first-order valence-electron chi connectivity index (χ1n) is 8.15. The Balaban J connectivity index is 1.66. The number of aromatic nitrogens is 1. The molecule has 2 aromatic carbocycles. The molecular formula is C19H13F5N2OS. The van der Waals surface area contributed by atoms with Gasteiger partial charge in [0.2, 0.25) is 11.7 Å². The number of thiazole rings is 1. The predicted molar refractivity (Wildman–Crippen MR) is 94.5 cm³/mol. The molecule has 0 unspecified atom stereocenters. The molecule has 1 aromatic heterocycles. The molecule has 9 heteroatoms. The van der Waals surface area contributed by atoms with Gasteiger partial charge in [0.25, 0.3) is 0 Å². The Bertz CT molecular complexity index is 978. The van der Waals surface area contributed by atoms with Crippen molar-refractivity contribution in [3.8, 4) is 0 Å². The molecule has 0 radical (unpaired) electrons. The number of carbonyl (C=O) groups is 1. The van der Waals surface area contributed by atoms with E-state index >= 15 is 0 Å². The molecule has 0 spiro atoms. The minimum atomic E-state index is -2.20. The summed E-state index contributed by atoms with van der Waals surface area (Å²) in [6, 6.07) is 9.36. The minimum Gasteiger partial charge on any atom is -0.302 e. The van der Waals surface area contributed by atoms with E-state index in [0.717, 1.165) is 16.9 Å². The lowest BCUT2D eigenvalue weighted by atomic mass is 10.1. The van der Waals surface area contributed by atoms with Crippen molar-refractivity contribution in [2.75, 3.05) is 5.32 Å². The molecule has 0 saturated carbocycles. The van der Waals surface area contributed by atoms with Crippen molar-refractivity contribution in [2.24, 2.45) is 0 Å². The molecule has 0 saturated heterocycles. The van der Waals surface area contributed by atoms with Crippen LogP contribution in [0.2, 0.25) is 0 Å². The molecule has 3 rings (SSSR count). The number of hydrogen-bond acceptors (Lipinski definition) is 3. The largest absolute Gasteiger partial charge is 0.302 e. The quantitative estimate of drug-likeness (QED) is 0.352. The molecule has 3 nitrogen and oxygen atoms in total. The fourth-order valence-corrected chi connectivity index (χ4v) is 3.35. The molecule has 0 aliphatic heterocycles. The van der Waals surface area contributed by atoms with Crippen LogP contribution in [0, 0.1) is 29.1 Å². The van der Waals surface area contributed by atoms with E-state index in [2.05, 4.69) is 10.3 Å². The third-order valence-corrected chi connectivity index (χ3v) is 4.85. The number of nitrogens with one attached hydrogen (secondary N) is 1. The molecule has 3 aromatic rings. The average molecular weight is 412 g/mol. The van der Waals surface area contributed by atoms with E-state index in [0.29, 0.717) is 6.42 Å². The molecular weight excluding hydrogens is 399 g/mol. The third kappa shape index (κ3) is 4.36. The molecule has 0 bridgehead atoms. The van der Waals surface area contributed by atoms with Crippen molar-refractivity contribution in [1.29, 1.82) is 0 Å². The minimum absolute atomic E-state index is 0.178. The number of hydrogen-bond donors (Lipinski definition) is 1. The standard InChI is InChI=1S/C19H13F5N2OS/c20-14-12(15(21)17(23)18(24)16(14)22)8-11-9-25-19(28-11)26-13(27)7-6-10-4-2-1-3-5-10/h1-5,9H,6-8H2,(H,25,26,27). The highest BCUT2D eigenvalue weighted by Gasteiger charge is 2.26. The number of anilines is 1. The average Bonchev–Trinajstić information content (AvgIpc) is 3.14. The molecule has 146 valence electrons. The molecule has 0 atom stereocenters. The smallest absolute Gasteiger partial charge is 0.226 e. The summed E-state index contributed by atoms with van der Waals surface area (Å²) in [5.41, 5.74) is 0.0470. The number of halogens is 5. The van der Waals surface area contributed by atoms with Crippen molar-refractivity contribution >= 4 is 22.4 Å². The number of rotatable bonds is 6. The Labute approximate surface area is 160 Å². The first-order chi connectivity index (χ1) is 13.4. The van der Waals surface area contributed by atoms with E-state index < -0.39 is 41.1 Å². The Hall–Kier alpha value is -2.81. The maximum atomic E-state index is 13.8. The summed E-state index contributed by atoms with van der Waals surface area (Å²) in [5, 5.41) is 2.73. The number of nitrogens with zero attached hydrogens (tertiary/aromatic N) is 1. The molecule has 28 heavy (non-hydrogen) atoms. The summed E-state index contributed by atoms with van der Waals surface area (Å²) < 4.78 is 67.2. The maximum absolute atomic E-state index is 13.8. The third-order valence-electron chi connectivity index (χ3n) is 3.94. The second-order valence-electron chi connectivity index (χ2n) is 5.89. The van der Waals surface area contributed by atoms with E-state index in [1.807, 2.05) is 30.3 Å². The monoisotopic (exact) mass is 412 g/mol. The van der Waals surface area contributed by atoms with Crippen LogP contribution >= 0.6 is 11.3 Å². The van der Waals surface area contributed by atoms with Gasteiger partial charge in [-0.3, -0.25) is 4.79 Å². The lowest BCUT2D eigenvalue weighted by molar-refractivity contribution is -0.116. The first kappa shape index (κ1) is 19.9. The second-order valence-corrected chi connectivity index (χ2v) is 7.01. The van der Waals surface area contributed by atoms with Gasteiger partial charge in [-0.2, -0.15) is 0 Å². The highest BCUT2D eigenvalue weighted by atomic mass is 32.1. The molecule has 1 heterocycles. The van der Waals surface area contributed by atoms with Gasteiger partial charge >= 0.3 is 0 Å². The van der Waals surface area contributed by atoms with E-state index in [9.17, 15) is 26.7 Å². The zero-order chi connectivity index (χ0) is 20.3. The number of benzene rings is 2. The van der Waals surface area contributed by atoms with Gasteiger partial charge in [-0.15, -0.1) is 11.3 Å². The molecule has 0 fully saturated rings. The summed E-state index contributed by atoms with van der Waals surface area (Å²) >= 11 is 0.896. The fourth-order valence-electron chi connectivity index (χ4n) is 2.51. The van der Waals surface area contributed by atoms with E-state index in [4.69, 9.17) is 0 Å². The van der Waals surface area contributed by atoms with Crippen LogP contribution in [0.3, 0.4) is 0 Å². The van der Waals surface area contributed by atoms with Gasteiger partial charge < -0.3 is 5.32 Å². The van der Waals surface area contributed by atoms with Crippen molar-refractivity contribution in [1.82, 2.24) is 4.98 Å². The van der Waals surface area contributed by atoms with Crippen LogP contribution in [-0.4, -0.2) is 10.9 Å². The van der Waals surface area contributed by atoms with Crippen molar-refractivity contribution in [3.05, 3.63) is 81.6 Å². The van der Waals surface area contributed by atoms with Gasteiger partial charge in [0.05, 0.1) is 0 Å². The van der Waals surface area contributed by atoms with Crippen LogP contribution < -0.4 is 5.32 Å². The Morgan fingerprint density at radius 2 is 1.54 bits per heavy atom. The van der Waals surface area contributed by atoms with Gasteiger partial charge in [-0.05, 0) is 12.0 Å². The SMILES string of the molecule is O=C(CCc1ccccc1)Nc1ncc(Cc2c(F)c(F)c(F)c(F)c2F)s1. The lowest BCUT2D eigenvalue weighted by Crippen LogP contribution is -2.11. The highest BCUT2D eigenvalue weighted by molar-refractivity contribution is 7.15. The van der Waals surface area contributed by atoms with Crippen molar-refractivity contribution in [2.45, 2.75) is 19.3 Å². The van der Waals surface area contributed by atoms with Crippen molar-refractivity contribution in [3.63, 3.8) is 0 Å². The Morgan fingerprint density at radius 1 is 0.929 bits per heavy atom. The Morgan fingerprint density at radius 3 is 2.18 bits per heavy atom.